The molecule has 2 rings (SSSR count). The molecule has 1 N–H and O–H groups in total. The Morgan fingerprint density at radius 1 is 1.11 bits per heavy atom. The number of rotatable bonds is 6. The van der Waals surface area contributed by atoms with Crippen LogP contribution < -0.4 is 5.32 Å². The van der Waals surface area contributed by atoms with Crippen LogP contribution in [0.2, 0.25) is 0 Å². The van der Waals surface area contributed by atoms with Gasteiger partial charge in [-0.2, -0.15) is 0 Å². The van der Waals surface area contributed by atoms with Gasteiger partial charge in [-0.25, -0.2) is 0 Å². The average Bonchev–Trinajstić information content (AvgIpc) is 2.45. The minimum atomic E-state index is 0.946. The molecule has 102 valence electrons. The van der Waals surface area contributed by atoms with Gasteiger partial charge >= 0.3 is 0 Å². The van der Waals surface area contributed by atoms with Gasteiger partial charge in [0, 0.05) is 23.3 Å². The molecule has 0 unspecified atom stereocenters. The maximum absolute atomic E-state index is 4.72. The van der Waals surface area contributed by atoms with Crippen LogP contribution in [0.4, 0.5) is 5.69 Å². The molecular weight excluding hydrogens is 232 g/mol. The molecule has 2 aromatic rings. The summed E-state index contributed by atoms with van der Waals surface area (Å²) in [6, 6.07) is 8.88. The normalized spacial score (nSPS) is 10.9. The lowest BCUT2D eigenvalue weighted by molar-refractivity contribution is 0.796. The first-order valence-electron chi connectivity index (χ1n) is 7.44. The van der Waals surface area contributed by atoms with Crippen molar-refractivity contribution >= 4 is 16.6 Å². The van der Waals surface area contributed by atoms with Gasteiger partial charge in [-0.3, -0.25) is 4.98 Å². The molecule has 0 fully saturated rings. The SMILES string of the molecule is CCCCc1ccc2nc(CC)cc(NCC)c2c1. The largest absolute Gasteiger partial charge is 0.385 e. The zero-order valence-electron chi connectivity index (χ0n) is 12.3. The van der Waals surface area contributed by atoms with Gasteiger partial charge in [0.2, 0.25) is 0 Å². The van der Waals surface area contributed by atoms with Gasteiger partial charge in [0.15, 0.2) is 0 Å². The van der Waals surface area contributed by atoms with Crippen LogP contribution in [0.5, 0.6) is 0 Å². The lowest BCUT2D eigenvalue weighted by Crippen LogP contribution is -2.00. The highest BCUT2D eigenvalue weighted by Gasteiger charge is 2.05. The number of anilines is 1. The van der Waals surface area contributed by atoms with Crippen LogP contribution in [0.15, 0.2) is 24.3 Å². The van der Waals surface area contributed by atoms with E-state index in [2.05, 4.69) is 50.4 Å². The number of unbranched alkanes of at least 4 members (excludes halogenated alkanes) is 1. The highest BCUT2D eigenvalue weighted by atomic mass is 14.9. The number of hydrogen-bond donors (Lipinski definition) is 1. The van der Waals surface area contributed by atoms with Crippen molar-refractivity contribution in [3.8, 4) is 0 Å². The van der Waals surface area contributed by atoms with Crippen molar-refractivity contribution in [3.05, 3.63) is 35.5 Å². The van der Waals surface area contributed by atoms with Gasteiger partial charge in [0.1, 0.15) is 0 Å². The Bertz CT molecular complexity index is 546. The van der Waals surface area contributed by atoms with Gasteiger partial charge < -0.3 is 5.32 Å². The van der Waals surface area contributed by atoms with E-state index in [1.807, 2.05) is 0 Å². The Morgan fingerprint density at radius 2 is 1.95 bits per heavy atom. The van der Waals surface area contributed by atoms with Crippen molar-refractivity contribution in [1.29, 1.82) is 0 Å². The van der Waals surface area contributed by atoms with Crippen molar-refractivity contribution < 1.29 is 0 Å². The van der Waals surface area contributed by atoms with E-state index in [9.17, 15) is 0 Å². The zero-order chi connectivity index (χ0) is 13.7. The third-order valence-electron chi connectivity index (χ3n) is 3.47. The molecule has 0 saturated heterocycles. The molecule has 0 radical (unpaired) electrons. The van der Waals surface area contributed by atoms with Gasteiger partial charge in [-0.15, -0.1) is 0 Å². The molecule has 1 aromatic carbocycles. The number of benzene rings is 1. The molecule has 0 atom stereocenters. The van der Waals surface area contributed by atoms with Crippen LogP contribution in [0, 0.1) is 0 Å². The Hall–Kier alpha value is -1.57. The predicted molar refractivity (Wildman–Crippen MR) is 83.9 cm³/mol. The monoisotopic (exact) mass is 256 g/mol. The summed E-state index contributed by atoms with van der Waals surface area (Å²) in [5.41, 5.74) is 4.91. The van der Waals surface area contributed by atoms with Crippen molar-refractivity contribution in [2.45, 2.75) is 46.5 Å². The molecule has 2 heteroatoms. The van der Waals surface area contributed by atoms with Gasteiger partial charge in [0.05, 0.1) is 5.52 Å². The van der Waals surface area contributed by atoms with Gasteiger partial charge in [-0.1, -0.05) is 26.3 Å². The van der Waals surface area contributed by atoms with Gasteiger partial charge in [0.25, 0.3) is 0 Å². The number of fused-ring (bicyclic) bond motifs is 1. The number of pyridine rings is 1. The molecule has 0 saturated carbocycles. The maximum atomic E-state index is 4.72. The summed E-state index contributed by atoms with van der Waals surface area (Å²) < 4.78 is 0. The molecule has 0 amide bonds. The summed E-state index contributed by atoms with van der Waals surface area (Å²) >= 11 is 0. The number of hydrogen-bond acceptors (Lipinski definition) is 2. The fourth-order valence-corrected chi connectivity index (χ4v) is 2.38. The topological polar surface area (TPSA) is 24.9 Å². The Labute approximate surface area is 116 Å². The molecule has 0 aliphatic carbocycles. The quantitative estimate of drug-likeness (QED) is 0.818. The van der Waals surface area contributed by atoms with Crippen LogP contribution in [0.1, 0.15) is 44.9 Å². The third kappa shape index (κ3) is 3.25. The summed E-state index contributed by atoms with van der Waals surface area (Å²) in [5.74, 6) is 0. The second-order valence-corrected chi connectivity index (χ2v) is 5.00. The Balaban J connectivity index is 2.46. The van der Waals surface area contributed by atoms with E-state index in [1.54, 1.807) is 0 Å². The molecule has 0 bridgehead atoms. The fourth-order valence-electron chi connectivity index (χ4n) is 2.38. The highest BCUT2D eigenvalue weighted by Crippen LogP contribution is 2.25. The average molecular weight is 256 g/mol. The lowest BCUT2D eigenvalue weighted by Gasteiger charge is -2.11. The van der Waals surface area contributed by atoms with E-state index in [-0.39, 0.29) is 0 Å². The van der Waals surface area contributed by atoms with Crippen LogP contribution >= 0.6 is 0 Å². The van der Waals surface area contributed by atoms with E-state index >= 15 is 0 Å². The number of aryl methyl sites for hydroxylation is 2. The molecular formula is C17H24N2. The highest BCUT2D eigenvalue weighted by molar-refractivity contribution is 5.92. The third-order valence-corrected chi connectivity index (χ3v) is 3.47. The van der Waals surface area contributed by atoms with Gasteiger partial charge in [-0.05, 0) is 49.9 Å². The minimum Gasteiger partial charge on any atom is -0.385 e. The minimum absolute atomic E-state index is 0.946. The smallest absolute Gasteiger partial charge is 0.0726 e. The molecule has 0 aliphatic rings. The summed E-state index contributed by atoms with van der Waals surface area (Å²) in [4.78, 5) is 4.72. The Morgan fingerprint density at radius 3 is 2.63 bits per heavy atom. The Kier molecular flexibility index (Phi) is 4.78. The molecule has 0 aliphatic heterocycles. The summed E-state index contributed by atoms with van der Waals surface area (Å²) in [5, 5.41) is 4.73. The molecule has 0 spiro atoms. The van der Waals surface area contributed by atoms with Crippen LogP contribution in [-0.4, -0.2) is 11.5 Å². The summed E-state index contributed by atoms with van der Waals surface area (Å²) in [6.45, 7) is 7.47. The first-order chi connectivity index (χ1) is 9.28. The van der Waals surface area contributed by atoms with E-state index in [0.29, 0.717) is 0 Å². The molecule has 19 heavy (non-hydrogen) atoms. The van der Waals surface area contributed by atoms with Crippen molar-refractivity contribution in [2.24, 2.45) is 0 Å². The molecule has 2 nitrogen and oxygen atoms in total. The molecule has 1 aromatic heterocycles. The summed E-state index contributed by atoms with van der Waals surface area (Å²) in [7, 11) is 0. The van der Waals surface area contributed by atoms with Crippen LogP contribution in [-0.2, 0) is 12.8 Å². The predicted octanol–water partition coefficient (Wildman–Crippen LogP) is 4.57. The van der Waals surface area contributed by atoms with Crippen LogP contribution in [0.25, 0.3) is 10.9 Å². The van der Waals surface area contributed by atoms with E-state index in [4.69, 9.17) is 4.98 Å². The first-order valence-corrected chi connectivity index (χ1v) is 7.44. The number of aromatic nitrogens is 1. The summed E-state index contributed by atoms with van der Waals surface area (Å²) in [6.07, 6.45) is 4.63. The second kappa shape index (κ2) is 6.55. The van der Waals surface area contributed by atoms with E-state index in [0.717, 1.165) is 30.6 Å². The molecule has 1 heterocycles. The zero-order valence-corrected chi connectivity index (χ0v) is 12.3. The number of nitrogens with one attached hydrogen (secondary N) is 1. The first kappa shape index (κ1) is 13.9. The van der Waals surface area contributed by atoms with E-state index < -0.39 is 0 Å². The van der Waals surface area contributed by atoms with E-state index in [1.165, 1.54) is 29.5 Å². The number of nitrogens with zero attached hydrogens (tertiary/aromatic N) is 1. The van der Waals surface area contributed by atoms with Crippen LogP contribution in [0.3, 0.4) is 0 Å². The van der Waals surface area contributed by atoms with Crippen molar-refractivity contribution in [3.63, 3.8) is 0 Å². The maximum Gasteiger partial charge on any atom is 0.0726 e. The lowest BCUT2D eigenvalue weighted by atomic mass is 10.0. The standard InChI is InChI=1S/C17H24N2/c1-4-7-8-13-9-10-16-15(11-13)17(18-6-3)12-14(5-2)19-16/h9-12H,4-8H2,1-3H3,(H,18,19). The van der Waals surface area contributed by atoms with Crippen molar-refractivity contribution in [1.82, 2.24) is 4.98 Å². The van der Waals surface area contributed by atoms with Crippen molar-refractivity contribution in [2.75, 3.05) is 11.9 Å². The fraction of sp³-hybridized carbons (Fsp3) is 0.471. The second-order valence-electron chi connectivity index (χ2n) is 5.00.